The first-order chi connectivity index (χ1) is 12.5. The Bertz CT molecular complexity index is 729. The topological polar surface area (TPSA) is 52.0 Å². The molecule has 2 N–H and O–H groups in total. The number of nitrogens with one attached hydrogen (secondary N) is 2. The summed E-state index contributed by atoms with van der Waals surface area (Å²) in [7, 11) is 5.26. The van der Waals surface area contributed by atoms with Gasteiger partial charge in [-0.1, -0.05) is 25.1 Å². The van der Waals surface area contributed by atoms with Crippen molar-refractivity contribution in [3.8, 4) is 11.5 Å². The van der Waals surface area contributed by atoms with Crippen molar-refractivity contribution in [2.75, 3.05) is 26.6 Å². The first-order valence-corrected chi connectivity index (χ1v) is 8.92. The lowest BCUT2D eigenvalue weighted by Gasteiger charge is -2.22. The number of carbonyl (C=O) groups is 1. The summed E-state index contributed by atoms with van der Waals surface area (Å²) < 4.78 is 10.8. The Labute approximate surface area is 155 Å². The predicted octanol–water partition coefficient (Wildman–Crippen LogP) is 2.31. The van der Waals surface area contributed by atoms with E-state index in [1.807, 2.05) is 56.4 Å². The van der Waals surface area contributed by atoms with E-state index in [2.05, 4.69) is 12.2 Å². The maximum Gasteiger partial charge on any atom is 0.282 e. The number of ether oxygens (including phenoxy) is 2. The zero-order chi connectivity index (χ0) is 19.1. The molecule has 1 unspecified atom stereocenters. The normalized spacial score (nSPS) is 13.0. The molecule has 0 aliphatic rings. The van der Waals surface area contributed by atoms with Crippen LogP contribution in [0, 0.1) is 0 Å². The highest BCUT2D eigenvalue weighted by atomic mass is 16.5. The number of benzene rings is 2. The molecule has 0 aliphatic carbocycles. The van der Waals surface area contributed by atoms with Crippen LogP contribution in [-0.2, 0) is 17.8 Å². The first kappa shape index (κ1) is 19.8. The largest absolute Gasteiger partial charge is 0.493 e. The number of aryl methyl sites for hydroxylation is 1. The summed E-state index contributed by atoms with van der Waals surface area (Å²) in [6.45, 7) is 4.70. The lowest BCUT2D eigenvalue weighted by Crippen LogP contribution is -3.12. The number of likely N-dealkylation sites (N-methyl/N-ethyl adjacent to an activating group) is 1. The summed E-state index contributed by atoms with van der Waals surface area (Å²) in [6.07, 6.45) is 0.986. The molecule has 2 rings (SSSR count). The van der Waals surface area contributed by atoms with E-state index >= 15 is 0 Å². The molecule has 0 fully saturated rings. The summed E-state index contributed by atoms with van der Waals surface area (Å²) >= 11 is 0. The fourth-order valence-corrected chi connectivity index (χ4v) is 2.84. The Hall–Kier alpha value is -2.53. The first-order valence-electron chi connectivity index (χ1n) is 8.92. The Kier molecular flexibility index (Phi) is 7.04. The highest BCUT2D eigenvalue weighted by Gasteiger charge is 2.24. The molecule has 2 atom stereocenters. The van der Waals surface area contributed by atoms with Crippen molar-refractivity contribution in [3.63, 3.8) is 0 Å². The third-order valence-electron chi connectivity index (χ3n) is 4.72. The van der Waals surface area contributed by atoms with Crippen LogP contribution in [0.2, 0.25) is 0 Å². The average molecular weight is 357 g/mol. The Balaban J connectivity index is 2.04. The summed E-state index contributed by atoms with van der Waals surface area (Å²) in [4.78, 5) is 13.7. The highest BCUT2D eigenvalue weighted by molar-refractivity contribution is 5.93. The molecule has 0 heterocycles. The molecule has 2 aromatic rings. The quantitative estimate of drug-likeness (QED) is 0.762. The van der Waals surface area contributed by atoms with E-state index < -0.39 is 0 Å². The van der Waals surface area contributed by atoms with Gasteiger partial charge in [-0.05, 0) is 43.2 Å². The Morgan fingerprint density at radius 2 is 1.81 bits per heavy atom. The van der Waals surface area contributed by atoms with Gasteiger partial charge in [-0.2, -0.15) is 0 Å². The van der Waals surface area contributed by atoms with Crippen LogP contribution in [0.3, 0.4) is 0 Å². The smallest absolute Gasteiger partial charge is 0.282 e. The second kappa shape index (κ2) is 9.25. The second-order valence-corrected chi connectivity index (χ2v) is 6.44. The fraction of sp³-hybridized carbons (Fsp3) is 0.381. The second-order valence-electron chi connectivity index (χ2n) is 6.44. The predicted molar refractivity (Wildman–Crippen MR) is 104 cm³/mol. The zero-order valence-electron chi connectivity index (χ0n) is 16.3. The molecule has 0 saturated heterocycles. The van der Waals surface area contributed by atoms with E-state index in [1.54, 1.807) is 14.2 Å². The molecule has 26 heavy (non-hydrogen) atoms. The van der Waals surface area contributed by atoms with Gasteiger partial charge in [-0.15, -0.1) is 0 Å². The van der Waals surface area contributed by atoms with Gasteiger partial charge in [0.2, 0.25) is 0 Å². The SMILES string of the molecule is CCc1ccc(NC(=O)[C@@H](C)[NH+](C)Cc2cccc(OC)c2OC)cc1. The van der Waals surface area contributed by atoms with Gasteiger partial charge in [-0.25, -0.2) is 0 Å². The zero-order valence-corrected chi connectivity index (χ0v) is 16.3. The summed E-state index contributed by atoms with van der Waals surface area (Å²) in [6, 6.07) is 13.6. The lowest BCUT2D eigenvalue weighted by molar-refractivity contribution is -0.907. The molecule has 0 bridgehead atoms. The van der Waals surface area contributed by atoms with Gasteiger partial charge in [0.25, 0.3) is 5.91 Å². The molecule has 5 nitrogen and oxygen atoms in total. The van der Waals surface area contributed by atoms with Crippen LogP contribution < -0.4 is 19.7 Å². The van der Waals surface area contributed by atoms with Crippen LogP contribution in [0.25, 0.3) is 0 Å². The van der Waals surface area contributed by atoms with Crippen molar-refractivity contribution in [1.82, 2.24) is 0 Å². The number of para-hydroxylation sites is 1. The van der Waals surface area contributed by atoms with Crippen molar-refractivity contribution in [2.45, 2.75) is 32.9 Å². The summed E-state index contributed by atoms with van der Waals surface area (Å²) in [5.74, 6) is 1.41. The van der Waals surface area contributed by atoms with Gasteiger partial charge >= 0.3 is 0 Å². The van der Waals surface area contributed by atoms with Crippen molar-refractivity contribution in [3.05, 3.63) is 53.6 Å². The molecule has 0 saturated carbocycles. The standard InChI is InChI=1S/C21H28N2O3/c1-6-16-10-12-18(13-11-16)22-21(24)15(2)23(3)14-17-8-7-9-19(25-4)20(17)26-5/h7-13,15H,6,14H2,1-5H3,(H,22,24)/p+1/t15-/m1/s1. The van der Waals surface area contributed by atoms with Gasteiger partial charge in [0, 0.05) is 5.69 Å². The van der Waals surface area contributed by atoms with Crippen molar-refractivity contribution in [2.24, 2.45) is 0 Å². The molecule has 0 aromatic heterocycles. The number of hydrogen-bond acceptors (Lipinski definition) is 3. The van der Waals surface area contributed by atoms with Crippen molar-refractivity contribution >= 4 is 11.6 Å². The van der Waals surface area contributed by atoms with Crippen LogP contribution in [0.15, 0.2) is 42.5 Å². The minimum Gasteiger partial charge on any atom is -0.493 e. The van der Waals surface area contributed by atoms with Crippen LogP contribution in [0.1, 0.15) is 25.0 Å². The van der Waals surface area contributed by atoms with Crippen LogP contribution in [-0.4, -0.2) is 33.2 Å². The monoisotopic (exact) mass is 357 g/mol. The minimum atomic E-state index is -0.211. The van der Waals surface area contributed by atoms with Gasteiger partial charge in [-0.3, -0.25) is 4.79 Å². The number of hydrogen-bond donors (Lipinski definition) is 2. The molecule has 2 aromatic carbocycles. The molecule has 0 radical (unpaired) electrons. The van der Waals surface area contributed by atoms with E-state index in [9.17, 15) is 4.79 Å². The molecule has 0 aliphatic heterocycles. The van der Waals surface area contributed by atoms with Crippen LogP contribution in [0.5, 0.6) is 11.5 Å². The average Bonchev–Trinajstić information content (AvgIpc) is 2.67. The third-order valence-corrected chi connectivity index (χ3v) is 4.72. The van der Waals surface area contributed by atoms with Gasteiger partial charge < -0.3 is 19.7 Å². The molecule has 140 valence electrons. The van der Waals surface area contributed by atoms with E-state index in [4.69, 9.17) is 9.47 Å². The van der Waals surface area contributed by atoms with Gasteiger partial charge in [0.15, 0.2) is 17.5 Å². The number of methoxy groups -OCH3 is 2. The highest BCUT2D eigenvalue weighted by Crippen LogP contribution is 2.30. The number of carbonyl (C=O) groups excluding carboxylic acids is 1. The van der Waals surface area contributed by atoms with Gasteiger partial charge in [0.05, 0.1) is 26.8 Å². The minimum absolute atomic E-state index is 0.00592. The summed E-state index contributed by atoms with van der Waals surface area (Å²) in [5, 5.41) is 3.00. The van der Waals surface area contributed by atoms with E-state index in [0.29, 0.717) is 12.3 Å². The molecule has 5 heteroatoms. The van der Waals surface area contributed by atoms with Crippen molar-refractivity contribution in [1.29, 1.82) is 0 Å². The number of quaternary nitrogens is 1. The van der Waals surface area contributed by atoms with Gasteiger partial charge in [0.1, 0.15) is 6.54 Å². The van der Waals surface area contributed by atoms with E-state index in [-0.39, 0.29) is 11.9 Å². The van der Waals surface area contributed by atoms with E-state index in [1.165, 1.54) is 5.56 Å². The fourth-order valence-electron chi connectivity index (χ4n) is 2.84. The molecular formula is C21H29N2O3+. The lowest BCUT2D eigenvalue weighted by atomic mass is 10.1. The molecular weight excluding hydrogens is 328 g/mol. The van der Waals surface area contributed by atoms with Crippen molar-refractivity contribution < 1.29 is 19.2 Å². The van der Waals surface area contributed by atoms with Crippen LogP contribution in [0.4, 0.5) is 5.69 Å². The Morgan fingerprint density at radius 1 is 1.12 bits per heavy atom. The number of anilines is 1. The number of amides is 1. The maximum atomic E-state index is 12.6. The molecule has 1 amide bonds. The number of rotatable bonds is 8. The third kappa shape index (κ3) is 4.76. The summed E-state index contributed by atoms with van der Waals surface area (Å²) in [5.41, 5.74) is 3.09. The maximum absolute atomic E-state index is 12.6. The molecule has 0 spiro atoms. The van der Waals surface area contributed by atoms with E-state index in [0.717, 1.165) is 28.3 Å². The Morgan fingerprint density at radius 3 is 2.38 bits per heavy atom. The van der Waals surface area contributed by atoms with Crippen LogP contribution >= 0.6 is 0 Å².